The van der Waals surface area contributed by atoms with Crippen LogP contribution in [0.3, 0.4) is 0 Å². The van der Waals surface area contributed by atoms with E-state index in [0.29, 0.717) is 5.56 Å². The van der Waals surface area contributed by atoms with Crippen LogP contribution in [0.4, 0.5) is 0 Å². The molecule has 7 nitrogen and oxygen atoms in total. The van der Waals surface area contributed by atoms with Crippen molar-refractivity contribution in [1.29, 1.82) is 26.3 Å². The lowest BCUT2D eigenvalue weighted by Crippen LogP contribution is -2.39. The van der Waals surface area contributed by atoms with Gasteiger partial charge in [0.25, 0.3) is 0 Å². The maximum atomic E-state index is 9.44. The summed E-state index contributed by atoms with van der Waals surface area (Å²) in [5.74, 6) is 0. The van der Waals surface area contributed by atoms with Gasteiger partial charge in [-0.15, -0.1) is 0 Å². The zero-order chi connectivity index (χ0) is 17.0. The molecule has 0 saturated heterocycles. The summed E-state index contributed by atoms with van der Waals surface area (Å²) in [5, 5.41) is 46.4. The van der Waals surface area contributed by atoms with Crippen LogP contribution < -0.4 is 4.57 Å². The molecule has 0 aromatic carbocycles. The fraction of sp³-hybridized carbons (Fsp3) is 0.0625. The number of rotatable bonds is 1. The molecule has 0 bridgehead atoms. The second kappa shape index (κ2) is 6.02. The molecule has 0 spiro atoms. The number of hydrogen-bond donors (Lipinski definition) is 0. The number of hydrogen-bond acceptors (Lipinski definition) is 6. The van der Waals surface area contributed by atoms with Gasteiger partial charge in [0.1, 0.15) is 42.1 Å². The molecule has 0 N–H and O–H groups in total. The highest BCUT2D eigenvalue weighted by atomic mass is 15.0. The Labute approximate surface area is 131 Å². The van der Waals surface area contributed by atoms with E-state index < -0.39 is 0 Å². The molecule has 104 valence electrons. The highest BCUT2D eigenvalue weighted by molar-refractivity contribution is 5.79. The summed E-state index contributed by atoms with van der Waals surface area (Å²) in [6.07, 6.45) is 1.36. The number of aromatic nitrogens is 2. The Hall–Kier alpha value is -4.25. The molecule has 0 amide bonds. The Morgan fingerprint density at radius 3 is 1.87 bits per heavy atom. The summed E-state index contributed by atoms with van der Waals surface area (Å²) in [6.45, 7) is 0. The number of pyridine rings is 2. The standard InChI is InChI=1S/C16H6N7/c1-23-14(8-20)12(6-18)16(13(7-19)15(23)9-21)10-2-3-22-11(4-10)5-17/h2-4H,1H3/q+1. The summed E-state index contributed by atoms with van der Waals surface area (Å²) < 4.78 is 1.22. The van der Waals surface area contributed by atoms with Gasteiger partial charge in [0.2, 0.25) is 0 Å². The first-order chi connectivity index (χ1) is 11.1. The van der Waals surface area contributed by atoms with Crippen molar-refractivity contribution >= 4 is 0 Å². The van der Waals surface area contributed by atoms with Gasteiger partial charge in [0.15, 0.2) is 12.1 Å². The van der Waals surface area contributed by atoms with Crippen LogP contribution in [0, 0.1) is 56.7 Å². The van der Waals surface area contributed by atoms with E-state index in [1.807, 2.05) is 30.3 Å². The van der Waals surface area contributed by atoms with Crippen LogP contribution in [-0.4, -0.2) is 4.98 Å². The molecule has 2 aromatic rings. The van der Waals surface area contributed by atoms with E-state index in [-0.39, 0.29) is 33.8 Å². The Morgan fingerprint density at radius 2 is 1.43 bits per heavy atom. The molecule has 2 aromatic heterocycles. The Kier molecular flexibility index (Phi) is 3.97. The molecule has 0 aliphatic heterocycles. The molecule has 0 unspecified atom stereocenters. The second-order valence-corrected chi connectivity index (χ2v) is 4.37. The van der Waals surface area contributed by atoms with E-state index in [1.165, 1.54) is 29.9 Å². The quantitative estimate of drug-likeness (QED) is 0.718. The molecule has 0 atom stereocenters. The van der Waals surface area contributed by atoms with E-state index in [1.54, 1.807) is 0 Å². The fourth-order valence-electron chi connectivity index (χ4n) is 2.22. The minimum absolute atomic E-state index is 0.0272. The Bertz CT molecular complexity index is 978. The van der Waals surface area contributed by atoms with Gasteiger partial charge in [-0.2, -0.15) is 30.9 Å². The van der Waals surface area contributed by atoms with Crippen LogP contribution in [0.25, 0.3) is 11.1 Å². The van der Waals surface area contributed by atoms with Gasteiger partial charge in [-0.25, -0.2) is 4.98 Å². The lowest BCUT2D eigenvalue weighted by molar-refractivity contribution is -0.676. The zero-order valence-corrected chi connectivity index (χ0v) is 11.9. The number of nitrogens with zero attached hydrogens (tertiary/aromatic N) is 7. The van der Waals surface area contributed by atoms with E-state index in [4.69, 9.17) is 5.26 Å². The normalized spacial score (nSPS) is 8.87. The highest BCUT2D eigenvalue weighted by Crippen LogP contribution is 2.29. The van der Waals surface area contributed by atoms with Gasteiger partial charge >= 0.3 is 11.4 Å². The van der Waals surface area contributed by atoms with Crippen LogP contribution in [0.5, 0.6) is 0 Å². The van der Waals surface area contributed by atoms with Crippen molar-refractivity contribution in [3.63, 3.8) is 0 Å². The van der Waals surface area contributed by atoms with Crippen molar-refractivity contribution in [2.24, 2.45) is 7.05 Å². The topological polar surface area (TPSA) is 136 Å². The zero-order valence-electron chi connectivity index (χ0n) is 11.9. The summed E-state index contributed by atoms with van der Waals surface area (Å²) in [6, 6.07) is 12.4. The number of nitriles is 5. The van der Waals surface area contributed by atoms with Gasteiger partial charge in [-0.3, -0.25) is 0 Å². The van der Waals surface area contributed by atoms with Gasteiger partial charge in [0.05, 0.1) is 0 Å². The van der Waals surface area contributed by atoms with Gasteiger partial charge in [-0.05, 0) is 17.7 Å². The first kappa shape index (κ1) is 15.1. The monoisotopic (exact) mass is 296 g/mol. The average molecular weight is 296 g/mol. The second-order valence-electron chi connectivity index (χ2n) is 4.37. The van der Waals surface area contributed by atoms with Crippen molar-refractivity contribution in [3.05, 3.63) is 46.5 Å². The Balaban J connectivity index is 3.08. The molecule has 2 heterocycles. The third-order valence-corrected chi connectivity index (χ3v) is 3.24. The summed E-state index contributed by atoms with van der Waals surface area (Å²) in [5.41, 5.74) is 0.502. The molecule has 23 heavy (non-hydrogen) atoms. The first-order valence-corrected chi connectivity index (χ1v) is 6.19. The lowest BCUT2D eigenvalue weighted by Gasteiger charge is -2.08. The molecular formula is C16H6N7+. The minimum Gasteiger partial charge on any atom is -0.246 e. The molecule has 7 heteroatoms. The van der Waals surface area contributed by atoms with E-state index in [9.17, 15) is 21.0 Å². The third-order valence-electron chi connectivity index (χ3n) is 3.24. The first-order valence-electron chi connectivity index (χ1n) is 6.19. The smallest absolute Gasteiger partial charge is 0.246 e. The van der Waals surface area contributed by atoms with Crippen molar-refractivity contribution < 1.29 is 4.57 Å². The predicted molar refractivity (Wildman–Crippen MR) is 74.4 cm³/mol. The largest absolute Gasteiger partial charge is 0.302 e. The lowest BCUT2D eigenvalue weighted by atomic mass is 9.93. The average Bonchev–Trinajstić information content (AvgIpc) is 2.60. The maximum absolute atomic E-state index is 9.44. The molecule has 0 aliphatic carbocycles. The maximum Gasteiger partial charge on any atom is 0.302 e. The third kappa shape index (κ3) is 2.30. The molecule has 0 radical (unpaired) electrons. The van der Waals surface area contributed by atoms with E-state index in [0.717, 1.165) is 0 Å². The minimum atomic E-state index is -0.0339. The molecule has 0 saturated carbocycles. The van der Waals surface area contributed by atoms with E-state index >= 15 is 0 Å². The van der Waals surface area contributed by atoms with Crippen LogP contribution in [-0.2, 0) is 7.05 Å². The van der Waals surface area contributed by atoms with E-state index in [2.05, 4.69) is 4.98 Å². The molecular weight excluding hydrogens is 290 g/mol. The summed E-state index contributed by atoms with van der Waals surface area (Å²) >= 11 is 0. The van der Waals surface area contributed by atoms with Crippen molar-refractivity contribution in [2.45, 2.75) is 0 Å². The van der Waals surface area contributed by atoms with Gasteiger partial charge < -0.3 is 0 Å². The SMILES string of the molecule is C[n+]1c(C#N)c(C#N)c(-c2ccnc(C#N)c2)c(C#N)c1C#N. The molecule has 0 fully saturated rings. The van der Waals surface area contributed by atoms with Crippen LogP contribution in [0.2, 0.25) is 0 Å². The fourth-order valence-corrected chi connectivity index (χ4v) is 2.22. The predicted octanol–water partition coefficient (Wildman–Crippen LogP) is 0.931. The molecule has 0 aliphatic rings. The van der Waals surface area contributed by atoms with Crippen molar-refractivity contribution in [3.8, 4) is 41.5 Å². The summed E-state index contributed by atoms with van der Waals surface area (Å²) in [7, 11) is 1.44. The molecule has 2 rings (SSSR count). The van der Waals surface area contributed by atoms with Crippen molar-refractivity contribution in [1.82, 2.24) is 4.98 Å². The van der Waals surface area contributed by atoms with Gasteiger partial charge in [0, 0.05) is 11.8 Å². The summed E-state index contributed by atoms with van der Waals surface area (Å²) in [4.78, 5) is 3.83. The van der Waals surface area contributed by atoms with Crippen molar-refractivity contribution in [2.75, 3.05) is 0 Å². The Morgan fingerprint density at radius 1 is 0.870 bits per heavy atom. The highest BCUT2D eigenvalue weighted by Gasteiger charge is 2.30. The van der Waals surface area contributed by atoms with Crippen LogP contribution in [0.15, 0.2) is 18.3 Å². The van der Waals surface area contributed by atoms with Crippen LogP contribution in [0.1, 0.15) is 28.2 Å². The van der Waals surface area contributed by atoms with Gasteiger partial charge in [-0.1, -0.05) is 0 Å². The van der Waals surface area contributed by atoms with Crippen LogP contribution >= 0.6 is 0 Å².